The summed E-state index contributed by atoms with van der Waals surface area (Å²) in [6.45, 7) is -1.57. The van der Waals surface area contributed by atoms with Crippen LogP contribution in [0.1, 0.15) is 21.8 Å². The first-order valence-electron chi connectivity index (χ1n) is 9.12. The molecule has 2 atom stereocenters. The van der Waals surface area contributed by atoms with Crippen molar-refractivity contribution in [3.63, 3.8) is 0 Å². The number of carbonyl (C=O) groups excluding carboxylic acids is 2. The van der Waals surface area contributed by atoms with Gasteiger partial charge in [0.2, 0.25) is 5.91 Å². The number of hydrogen-bond acceptors (Lipinski definition) is 3. The van der Waals surface area contributed by atoms with Crippen molar-refractivity contribution in [3.8, 4) is 5.75 Å². The summed E-state index contributed by atoms with van der Waals surface area (Å²) in [6, 6.07) is 5.47. The molecule has 2 aromatic carbocycles. The maximum absolute atomic E-state index is 14.0. The zero-order valence-electron chi connectivity index (χ0n) is 16.5. The van der Waals surface area contributed by atoms with Crippen molar-refractivity contribution in [2.24, 2.45) is 5.92 Å². The number of halogens is 8. The summed E-state index contributed by atoms with van der Waals surface area (Å²) < 4.78 is 68.0. The van der Waals surface area contributed by atoms with E-state index in [0.29, 0.717) is 0 Å². The van der Waals surface area contributed by atoms with Crippen molar-refractivity contribution in [1.29, 1.82) is 0 Å². The van der Waals surface area contributed by atoms with E-state index in [1.54, 1.807) is 5.32 Å². The lowest BCUT2D eigenvalue weighted by molar-refractivity contribution is -0.123. The molecular formula is C20H14Cl3F5N2O3. The first kappa shape index (κ1) is 25.3. The van der Waals surface area contributed by atoms with E-state index in [-0.39, 0.29) is 21.8 Å². The van der Waals surface area contributed by atoms with E-state index in [9.17, 15) is 31.5 Å². The molecule has 0 heterocycles. The zero-order valence-corrected chi connectivity index (χ0v) is 18.8. The molecule has 0 saturated heterocycles. The van der Waals surface area contributed by atoms with E-state index in [0.717, 1.165) is 25.3 Å². The molecule has 0 spiro atoms. The molecule has 2 amide bonds. The number of anilines is 1. The average Bonchev–Trinajstić information content (AvgIpc) is 3.29. The second kappa shape index (κ2) is 9.15. The minimum absolute atomic E-state index is 0.0171. The molecule has 1 aliphatic rings. The van der Waals surface area contributed by atoms with Crippen LogP contribution in [0.15, 0.2) is 30.3 Å². The number of methoxy groups -OCH3 is 1. The van der Waals surface area contributed by atoms with Crippen molar-refractivity contribution in [2.45, 2.75) is 16.4 Å². The van der Waals surface area contributed by atoms with E-state index in [1.165, 1.54) is 12.1 Å². The number of alkyl halides is 5. The highest BCUT2D eigenvalue weighted by atomic mass is 35.5. The van der Waals surface area contributed by atoms with Crippen LogP contribution in [0.5, 0.6) is 5.75 Å². The summed E-state index contributed by atoms with van der Waals surface area (Å²) in [5.41, 5.74) is -0.268. The van der Waals surface area contributed by atoms with Crippen LogP contribution in [0.2, 0.25) is 5.02 Å². The molecule has 1 fully saturated rings. The normalized spacial score (nSPS) is 19.1. The first-order valence-corrected chi connectivity index (χ1v) is 10.3. The predicted octanol–water partition coefficient (Wildman–Crippen LogP) is 5.44. The molecule has 0 aliphatic heterocycles. The molecule has 2 aromatic rings. The monoisotopic (exact) mass is 530 g/mol. The SMILES string of the molecule is COc1c(F)cc(C2C(C(=O)Nc3ccc(Cl)c(C(=O)NCC(F)(F)F)c3)C2(Cl)Cl)cc1F. The van der Waals surface area contributed by atoms with Crippen molar-refractivity contribution >= 4 is 52.3 Å². The van der Waals surface area contributed by atoms with Gasteiger partial charge in [0.15, 0.2) is 17.4 Å². The Kier molecular flexibility index (Phi) is 7.02. The maximum Gasteiger partial charge on any atom is 0.405 e. The Morgan fingerprint density at radius 2 is 1.73 bits per heavy atom. The van der Waals surface area contributed by atoms with Crippen LogP contribution in [0.4, 0.5) is 27.6 Å². The fourth-order valence-corrected chi connectivity index (χ4v) is 4.33. The van der Waals surface area contributed by atoms with Gasteiger partial charge in [0.25, 0.3) is 5.91 Å². The second-order valence-electron chi connectivity index (χ2n) is 7.13. The Morgan fingerprint density at radius 3 is 2.27 bits per heavy atom. The number of rotatable bonds is 6. The third-order valence-electron chi connectivity index (χ3n) is 4.85. The summed E-state index contributed by atoms with van der Waals surface area (Å²) in [5.74, 6) is -6.54. The summed E-state index contributed by atoms with van der Waals surface area (Å²) in [5, 5.41) is 3.95. The largest absolute Gasteiger partial charge is 0.491 e. The number of nitrogens with one attached hydrogen (secondary N) is 2. The number of benzene rings is 2. The van der Waals surface area contributed by atoms with Gasteiger partial charge in [-0.25, -0.2) is 8.78 Å². The van der Waals surface area contributed by atoms with E-state index >= 15 is 0 Å². The van der Waals surface area contributed by atoms with Crippen LogP contribution in [-0.2, 0) is 4.79 Å². The van der Waals surface area contributed by atoms with Gasteiger partial charge in [0, 0.05) is 11.6 Å². The van der Waals surface area contributed by atoms with Gasteiger partial charge in [-0.05, 0) is 35.9 Å². The summed E-state index contributed by atoms with van der Waals surface area (Å²) in [7, 11) is 1.09. The fraction of sp³-hybridized carbons (Fsp3) is 0.300. The maximum atomic E-state index is 14.0. The standard InChI is InChI=1S/C20H14Cl3F5N2O3/c1-33-16-12(24)4-8(5-13(16)25)14-15(20(14,22)23)18(32)30-9-2-3-11(21)10(6-9)17(31)29-7-19(26,27)28/h2-6,14-15H,7H2,1H3,(H,29,31)(H,30,32). The van der Waals surface area contributed by atoms with Crippen LogP contribution in [-0.4, -0.2) is 36.0 Å². The van der Waals surface area contributed by atoms with Gasteiger partial charge >= 0.3 is 6.18 Å². The number of carbonyl (C=O) groups is 2. The van der Waals surface area contributed by atoms with Crippen LogP contribution in [0, 0.1) is 17.6 Å². The Balaban J connectivity index is 1.77. The first-order chi connectivity index (χ1) is 15.3. The number of amides is 2. The number of ether oxygens (including phenoxy) is 1. The minimum atomic E-state index is -4.63. The molecule has 13 heteroatoms. The van der Waals surface area contributed by atoms with Gasteiger partial charge in [-0.1, -0.05) is 11.6 Å². The van der Waals surface area contributed by atoms with Gasteiger partial charge < -0.3 is 15.4 Å². The topological polar surface area (TPSA) is 67.4 Å². The van der Waals surface area contributed by atoms with Crippen molar-refractivity contribution in [1.82, 2.24) is 5.32 Å². The Bertz CT molecular complexity index is 1090. The molecule has 0 radical (unpaired) electrons. The minimum Gasteiger partial charge on any atom is -0.491 e. The van der Waals surface area contributed by atoms with Gasteiger partial charge in [0.05, 0.1) is 23.6 Å². The molecule has 3 rings (SSSR count). The zero-order chi connectivity index (χ0) is 24.7. The molecule has 1 saturated carbocycles. The average molecular weight is 532 g/mol. The van der Waals surface area contributed by atoms with Crippen molar-refractivity contribution in [2.75, 3.05) is 19.0 Å². The quantitative estimate of drug-likeness (QED) is 0.385. The van der Waals surface area contributed by atoms with E-state index < -0.39 is 58.1 Å². The lowest BCUT2D eigenvalue weighted by atomic mass is 10.1. The summed E-state index contributed by atoms with van der Waals surface area (Å²) >= 11 is 18.2. The van der Waals surface area contributed by atoms with Crippen LogP contribution in [0.3, 0.4) is 0 Å². The van der Waals surface area contributed by atoms with Gasteiger partial charge in [-0.15, -0.1) is 23.2 Å². The molecule has 0 aromatic heterocycles. The Morgan fingerprint density at radius 1 is 1.12 bits per heavy atom. The smallest absolute Gasteiger partial charge is 0.405 e. The molecule has 2 N–H and O–H groups in total. The second-order valence-corrected chi connectivity index (χ2v) is 8.98. The summed E-state index contributed by atoms with van der Waals surface area (Å²) in [4.78, 5) is 24.7. The molecule has 1 aliphatic carbocycles. The fourth-order valence-electron chi connectivity index (χ4n) is 3.29. The molecular weight excluding hydrogens is 518 g/mol. The van der Waals surface area contributed by atoms with Crippen molar-refractivity contribution < 1.29 is 36.3 Å². The van der Waals surface area contributed by atoms with Gasteiger partial charge in [-0.3, -0.25) is 9.59 Å². The lowest BCUT2D eigenvalue weighted by Gasteiger charge is -2.11. The Labute approximate surface area is 199 Å². The van der Waals surface area contributed by atoms with Gasteiger partial charge in [0.1, 0.15) is 10.9 Å². The van der Waals surface area contributed by atoms with Crippen LogP contribution >= 0.6 is 34.8 Å². The van der Waals surface area contributed by atoms with Crippen LogP contribution < -0.4 is 15.4 Å². The van der Waals surface area contributed by atoms with Crippen molar-refractivity contribution in [3.05, 3.63) is 58.1 Å². The molecule has 5 nitrogen and oxygen atoms in total. The molecule has 178 valence electrons. The van der Waals surface area contributed by atoms with Crippen LogP contribution in [0.25, 0.3) is 0 Å². The van der Waals surface area contributed by atoms with E-state index in [1.807, 2.05) is 0 Å². The summed E-state index contributed by atoms with van der Waals surface area (Å²) in [6.07, 6.45) is -4.63. The number of hydrogen-bond donors (Lipinski definition) is 2. The highest BCUT2D eigenvalue weighted by molar-refractivity contribution is 6.53. The predicted molar refractivity (Wildman–Crippen MR) is 112 cm³/mol. The Hall–Kier alpha value is -2.30. The third-order valence-corrected chi connectivity index (χ3v) is 6.12. The molecule has 2 unspecified atom stereocenters. The van der Waals surface area contributed by atoms with Gasteiger partial charge in [-0.2, -0.15) is 13.2 Å². The lowest BCUT2D eigenvalue weighted by Crippen LogP contribution is -2.33. The van der Waals surface area contributed by atoms with E-state index in [2.05, 4.69) is 10.1 Å². The third kappa shape index (κ3) is 5.44. The molecule has 0 bridgehead atoms. The molecule has 33 heavy (non-hydrogen) atoms. The van der Waals surface area contributed by atoms with E-state index in [4.69, 9.17) is 34.8 Å². The highest BCUT2D eigenvalue weighted by Gasteiger charge is 2.67. The highest BCUT2D eigenvalue weighted by Crippen LogP contribution is 2.65.